The largest absolute Gasteiger partial charge is 0.487 e. The highest BCUT2D eigenvalue weighted by molar-refractivity contribution is 5.42. The molecule has 1 N–H and O–H groups in total. The Morgan fingerprint density at radius 3 is 2.79 bits per heavy atom. The summed E-state index contributed by atoms with van der Waals surface area (Å²) in [6, 6.07) is 6.44. The van der Waals surface area contributed by atoms with Gasteiger partial charge in [-0.2, -0.15) is 0 Å². The van der Waals surface area contributed by atoms with E-state index < -0.39 is 0 Å². The van der Waals surface area contributed by atoms with Crippen LogP contribution in [-0.4, -0.2) is 30.1 Å². The lowest BCUT2D eigenvalue weighted by Gasteiger charge is -2.39. The molecule has 0 aliphatic carbocycles. The highest BCUT2D eigenvalue weighted by atomic mass is 16.5. The third kappa shape index (κ3) is 2.63. The molecule has 0 bridgehead atoms. The molecule has 2 aliphatic rings. The molecule has 0 unspecified atom stereocenters. The molecule has 0 atom stereocenters. The average Bonchev–Trinajstić information content (AvgIpc) is 2.89. The molecule has 0 radical (unpaired) electrons. The van der Waals surface area contributed by atoms with Gasteiger partial charge in [-0.25, -0.2) is 0 Å². The van der Waals surface area contributed by atoms with Crippen LogP contribution < -0.4 is 10.1 Å². The summed E-state index contributed by atoms with van der Waals surface area (Å²) in [4.78, 5) is 2.50. The number of ether oxygens (including phenoxy) is 1. The van der Waals surface area contributed by atoms with Crippen molar-refractivity contribution in [2.45, 2.75) is 45.4 Å². The molecule has 0 amide bonds. The van der Waals surface area contributed by atoms with E-state index in [1.165, 1.54) is 11.1 Å². The van der Waals surface area contributed by atoms with Crippen molar-refractivity contribution in [2.24, 2.45) is 0 Å². The molecule has 1 aromatic carbocycles. The van der Waals surface area contributed by atoms with Gasteiger partial charge in [-0.05, 0) is 37.9 Å². The Bertz CT molecular complexity index is 450. The van der Waals surface area contributed by atoms with Gasteiger partial charge in [0.2, 0.25) is 0 Å². The van der Waals surface area contributed by atoms with Crippen LogP contribution in [-0.2, 0) is 13.1 Å². The fourth-order valence-corrected chi connectivity index (χ4v) is 3.10. The quantitative estimate of drug-likeness (QED) is 0.904. The maximum atomic E-state index is 6.41. The van der Waals surface area contributed by atoms with Crippen molar-refractivity contribution in [1.82, 2.24) is 10.2 Å². The topological polar surface area (TPSA) is 24.5 Å². The molecular formula is C16H24N2O. The first-order valence-electron chi connectivity index (χ1n) is 7.43. The van der Waals surface area contributed by atoms with Gasteiger partial charge in [0.25, 0.3) is 0 Å². The van der Waals surface area contributed by atoms with Gasteiger partial charge in [0.1, 0.15) is 11.4 Å². The smallest absolute Gasteiger partial charge is 0.124 e. The van der Waals surface area contributed by atoms with Crippen LogP contribution in [0.3, 0.4) is 0 Å². The molecule has 3 nitrogen and oxygen atoms in total. The molecule has 3 heteroatoms. The van der Waals surface area contributed by atoms with Crippen molar-refractivity contribution in [3.8, 4) is 5.75 Å². The molecular weight excluding hydrogens is 236 g/mol. The second-order valence-electron chi connectivity index (χ2n) is 5.98. The molecule has 19 heavy (non-hydrogen) atoms. The van der Waals surface area contributed by atoms with Gasteiger partial charge in [-0.15, -0.1) is 0 Å². The SMILES string of the molecule is CCN1CCC(C)(Oc2cccc3c2CNC3)CC1. The van der Waals surface area contributed by atoms with Crippen molar-refractivity contribution >= 4 is 0 Å². The van der Waals surface area contributed by atoms with Gasteiger partial charge in [0.15, 0.2) is 0 Å². The van der Waals surface area contributed by atoms with Gasteiger partial charge in [-0.1, -0.05) is 19.1 Å². The number of benzene rings is 1. The molecule has 2 heterocycles. The monoisotopic (exact) mass is 260 g/mol. The molecule has 1 fully saturated rings. The second-order valence-corrected chi connectivity index (χ2v) is 5.98. The van der Waals surface area contributed by atoms with Crippen LogP contribution in [0, 0.1) is 0 Å². The normalized spacial score (nSPS) is 22.2. The molecule has 2 aliphatic heterocycles. The van der Waals surface area contributed by atoms with E-state index in [4.69, 9.17) is 4.74 Å². The van der Waals surface area contributed by atoms with Crippen LogP contribution in [0.1, 0.15) is 37.8 Å². The van der Waals surface area contributed by atoms with Gasteiger partial charge in [0, 0.05) is 31.7 Å². The lowest BCUT2D eigenvalue weighted by molar-refractivity contribution is 0.0176. The molecule has 0 saturated carbocycles. The van der Waals surface area contributed by atoms with E-state index in [1.807, 2.05) is 0 Å². The van der Waals surface area contributed by atoms with Crippen LogP contribution in [0.15, 0.2) is 18.2 Å². The molecule has 1 aromatic rings. The summed E-state index contributed by atoms with van der Waals surface area (Å²) in [5.41, 5.74) is 2.76. The lowest BCUT2D eigenvalue weighted by Crippen LogP contribution is -2.46. The van der Waals surface area contributed by atoms with Crippen molar-refractivity contribution < 1.29 is 4.74 Å². The fourth-order valence-electron chi connectivity index (χ4n) is 3.10. The number of piperidine rings is 1. The summed E-state index contributed by atoms with van der Waals surface area (Å²) >= 11 is 0. The third-order valence-electron chi connectivity index (χ3n) is 4.56. The van der Waals surface area contributed by atoms with Crippen molar-refractivity contribution in [2.75, 3.05) is 19.6 Å². The Hall–Kier alpha value is -1.06. The van der Waals surface area contributed by atoms with E-state index >= 15 is 0 Å². The van der Waals surface area contributed by atoms with Crippen LogP contribution in [0.5, 0.6) is 5.75 Å². The van der Waals surface area contributed by atoms with Gasteiger partial charge >= 0.3 is 0 Å². The average molecular weight is 260 g/mol. The summed E-state index contributed by atoms with van der Waals surface area (Å²) < 4.78 is 6.41. The minimum atomic E-state index is 0.00336. The second kappa shape index (κ2) is 5.14. The highest BCUT2D eigenvalue weighted by Gasteiger charge is 2.32. The van der Waals surface area contributed by atoms with E-state index in [9.17, 15) is 0 Å². The standard InChI is InChI=1S/C16H24N2O/c1-3-18-9-7-16(2,8-10-18)19-15-6-4-5-13-11-17-12-14(13)15/h4-6,17H,3,7-12H2,1-2H3. The molecule has 104 valence electrons. The van der Waals surface area contributed by atoms with Crippen molar-refractivity contribution in [3.63, 3.8) is 0 Å². The fraction of sp³-hybridized carbons (Fsp3) is 0.625. The summed E-state index contributed by atoms with van der Waals surface area (Å²) in [5.74, 6) is 1.09. The first-order valence-corrected chi connectivity index (χ1v) is 7.43. The van der Waals surface area contributed by atoms with Crippen molar-refractivity contribution in [3.05, 3.63) is 29.3 Å². The predicted molar refractivity (Wildman–Crippen MR) is 77.4 cm³/mol. The Labute approximate surface area is 115 Å². The Morgan fingerprint density at radius 2 is 2.05 bits per heavy atom. The van der Waals surface area contributed by atoms with Gasteiger partial charge < -0.3 is 15.0 Å². The highest BCUT2D eigenvalue weighted by Crippen LogP contribution is 2.33. The number of likely N-dealkylation sites (tertiary alicyclic amines) is 1. The minimum absolute atomic E-state index is 0.00336. The minimum Gasteiger partial charge on any atom is -0.487 e. The lowest BCUT2D eigenvalue weighted by atomic mass is 9.93. The molecule has 1 saturated heterocycles. The van der Waals surface area contributed by atoms with E-state index in [0.717, 1.165) is 51.3 Å². The zero-order valence-corrected chi connectivity index (χ0v) is 12.0. The van der Waals surface area contributed by atoms with Crippen LogP contribution in [0.25, 0.3) is 0 Å². The van der Waals surface area contributed by atoms with Gasteiger partial charge in [0.05, 0.1) is 0 Å². The van der Waals surface area contributed by atoms with Crippen LogP contribution >= 0.6 is 0 Å². The van der Waals surface area contributed by atoms with E-state index in [1.54, 1.807) is 0 Å². The summed E-state index contributed by atoms with van der Waals surface area (Å²) in [5, 5.41) is 3.41. The third-order valence-corrected chi connectivity index (χ3v) is 4.56. The van der Waals surface area contributed by atoms with E-state index in [0.29, 0.717) is 0 Å². The predicted octanol–water partition coefficient (Wildman–Crippen LogP) is 2.54. The number of nitrogens with zero attached hydrogens (tertiary/aromatic N) is 1. The maximum absolute atomic E-state index is 6.41. The Morgan fingerprint density at radius 1 is 1.26 bits per heavy atom. The summed E-state index contributed by atoms with van der Waals surface area (Å²) in [6.07, 6.45) is 2.25. The maximum Gasteiger partial charge on any atom is 0.124 e. The van der Waals surface area contributed by atoms with E-state index in [2.05, 4.69) is 42.3 Å². The Kier molecular flexibility index (Phi) is 3.50. The van der Waals surface area contributed by atoms with Gasteiger partial charge in [-0.3, -0.25) is 0 Å². The number of hydrogen-bond donors (Lipinski definition) is 1. The number of hydrogen-bond acceptors (Lipinski definition) is 3. The van der Waals surface area contributed by atoms with Crippen LogP contribution in [0.2, 0.25) is 0 Å². The first kappa shape index (κ1) is 12.9. The molecule has 0 spiro atoms. The number of rotatable bonds is 3. The van der Waals surface area contributed by atoms with E-state index in [-0.39, 0.29) is 5.60 Å². The summed E-state index contributed by atoms with van der Waals surface area (Å²) in [7, 11) is 0. The molecule has 0 aromatic heterocycles. The molecule has 3 rings (SSSR count). The first-order chi connectivity index (χ1) is 9.20. The Balaban J connectivity index is 1.73. The zero-order valence-electron chi connectivity index (χ0n) is 12.0. The number of fused-ring (bicyclic) bond motifs is 1. The zero-order chi connectivity index (χ0) is 13.3. The number of nitrogens with one attached hydrogen (secondary N) is 1. The van der Waals surface area contributed by atoms with Crippen molar-refractivity contribution in [1.29, 1.82) is 0 Å². The summed E-state index contributed by atoms with van der Waals surface area (Å²) in [6.45, 7) is 9.89. The van der Waals surface area contributed by atoms with Crippen LogP contribution in [0.4, 0.5) is 0 Å².